The summed E-state index contributed by atoms with van der Waals surface area (Å²) >= 11 is 0. The van der Waals surface area contributed by atoms with Gasteiger partial charge in [-0.15, -0.1) is 0 Å². The van der Waals surface area contributed by atoms with E-state index in [4.69, 9.17) is 0 Å². The minimum Gasteiger partial charge on any atom is -0.316 e. The number of hydrogen-bond donors (Lipinski definition) is 1. The number of fused-ring (bicyclic) bond motifs is 1. The van der Waals surface area contributed by atoms with Gasteiger partial charge in [-0.05, 0) is 76.2 Å². The first-order valence-corrected chi connectivity index (χ1v) is 8.03. The summed E-state index contributed by atoms with van der Waals surface area (Å²) in [5.74, 6) is 1.71. The molecule has 20 heavy (non-hydrogen) atoms. The van der Waals surface area contributed by atoms with E-state index >= 15 is 0 Å². The lowest BCUT2D eigenvalue weighted by atomic mass is 9.93. The fourth-order valence-electron chi connectivity index (χ4n) is 4.73. The number of nitrogens with zero attached hydrogens (tertiary/aromatic N) is 1. The molecule has 2 saturated heterocycles. The first-order chi connectivity index (χ1) is 9.49. The highest BCUT2D eigenvalue weighted by atomic mass is 15.2. The molecule has 0 amide bonds. The van der Waals surface area contributed by atoms with Gasteiger partial charge in [0, 0.05) is 18.6 Å². The van der Waals surface area contributed by atoms with Crippen LogP contribution in [-0.4, -0.2) is 30.6 Å². The Kier molecular flexibility index (Phi) is 3.64. The Morgan fingerprint density at radius 1 is 1.15 bits per heavy atom. The average Bonchev–Trinajstić information content (AvgIpc) is 2.91. The van der Waals surface area contributed by atoms with Gasteiger partial charge < -0.3 is 5.32 Å². The van der Waals surface area contributed by atoms with Crippen LogP contribution >= 0.6 is 0 Å². The summed E-state index contributed by atoms with van der Waals surface area (Å²) in [6, 6.07) is 5.91. The third-order valence-corrected chi connectivity index (χ3v) is 5.63. The third-order valence-electron chi connectivity index (χ3n) is 5.63. The molecular weight excluding hydrogens is 244 g/mol. The number of nitrogens with one attached hydrogen (secondary N) is 1. The summed E-state index contributed by atoms with van der Waals surface area (Å²) in [6.45, 7) is 15.2. The molecule has 0 aromatic heterocycles. The second kappa shape index (κ2) is 5.16. The summed E-state index contributed by atoms with van der Waals surface area (Å²) in [5, 5.41) is 3.56. The quantitative estimate of drug-likeness (QED) is 0.889. The van der Waals surface area contributed by atoms with E-state index in [2.05, 4.69) is 57.0 Å². The number of rotatable bonds is 2. The van der Waals surface area contributed by atoms with Crippen molar-refractivity contribution in [3.8, 4) is 0 Å². The van der Waals surface area contributed by atoms with Gasteiger partial charge in [-0.2, -0.15) is 0 Å². The van der Waals surface area contributed by atoms with Crippen molar-refractivity contribution in [1.82, 2.24) is 10.2 Å². The summed E-state index contributed by atoms with van der Waals surface area (Å²) in [4.78, 5) is 2.74. The number of likely N-dealkylation sites (tertiary alicyclic amines) is 1. The molecule has 0 aliphatic carbocycles. The van der Waals surface area contributed by atoms with Crippen LogP contribution in [0, 0.1) is 32.6 Å². The highest BCUT2D eigenvalue weighted by Gasteiger charge is 2.43. The molecule has 3 rings (SSSR count). The molecule has 110 valence electrons. The van der Waals surface area contributed by atoms with Crippen molar-refractivity contribution < 1.29 is 0 Å². The Morgan fingerprint density at radius 3 is 2.40 bits per heavy atom. The molecule has 4 unspecified atom stereocenters. The Balaban J connectivity index is 1.88. The van der Waals surface area contributed by atoms with Crippen LogP contribution in [-0.2, 0) is 0 Å². The predicted molar refractivity (Wildman–Crippen MR) is 85.1 cm³/mol. The van der Waals surface area contributed by atoms with E-state index in [1.54, 1.807) is 5.56 Å². The van der Waals surface area contributed by atoms with Crippen LogP contribution < -0.4 is 5.32 Å². The summed E-state index contributed by atoms with van der Waals surface area (Å²) in [6.07, 6.45) is 0. The predicted octanol–water partition coefficient (Wildman–Crippen LogP) is 3.21. The van der Waals surface area contributed by atoms with Crippen LogP contribution in [0.2, 0.25) is 0 Å². The van der Waals surface area contributed by atoms with Crippen LogP contribution in [0.4, 0.5) is 0 Å². The van der Waals surface area contributed by atoms with Gasteiger partial charge in [-0.3, -0.25) is 4.90 Å². The van der Waals surface area contributed by atoms with Crippen molar-refractivity contribution >= 4 is 0 Å². The molecule has 1 aromatic carbocycles. The summed E-state index contributed by atoms with van der Waals surface area (Å²) in [7, 11) is 0. The molecule has 0 spiro atoms. The fraction of sp³-hybridized carbons (Fsp3) is 0.667. The first kappa shape index (κ1) is 14.1. The van der Waals surface area contributed by atoms with Crippen LogP contribution in [0.25, 0.3) is 0 Å². The maximum atomic E-state index is 3.56. The molecule has 2 heteroatoms. The maximum absolute atomic E-state index is 3.56. The number of hydrogen-bond acceptors (Lipinski definition) is 2. The van der Waals surface area contributed by atoms with Crippen molar-refractivity contribution in [3.63, 3.8) is 0 Å². The van der Waals surface area contributed by atoms with Gasteiger partial charge >= 0.3 is 0 Å². The Morgan fingerprint density at radius 2 is 1.80 bits per heavy atom. The van der Waals surface area contributed by atoms with Gasteiger partial charge in [0.2, 0.25) is 0 Å². The smallest absolute Gasteiger partial charge is 0.0328 e. The van der Waals surface area contributed by atoms with Gasteiger partial charge in [0.15, 0.2) is 0 Å². The lowest BCUT2D eigenvalue weighted by Crippen LogP contribution is -2.35. The van der Waals surface area contributed by atoms with E-state index in [9.17, 15) is 0 Å². The van der Waals surface area contributed by atoms with E-state index < -0.39 is 0 Å². The zero-order chi connectivity index (χ0) is 14.4. The molecule has 1 aromatic rings. The zero-order valence-corrected chi connectivity index (χ0v) is 13.5. The highest BCUT2D eigenvalue weighted by molar-refractivity contribution is 5.39. The molecule has 2 heterocycles. The molecule has 4 atom stereocenters. The van der Waals surface area contributed by atoms with Crippen LogP contribution in [0.3, 0.4) is 0 Å². The maximum Gasteiger partial charge on any atom is 0.0328 e. The summed E-state index contributed by atoms with van der Waals surface area (Å²) < 4.78 is 0. The minimum absolute atomic E-state index is 0.538. The van der Waals surface area contributed by atoms with Crippen molar-refractivity contribution in [2.75, 3.05) is 19.6 Å². The normalized spacial score (nSPS) is 31.6. The zero-order valence-electron chi connectivity index (χ0n) is 13.5. The average molecular weight is 272 g/mol. The van der Waals surface area contributed by atoms with E-state index in [0.717, 1.165) is 11.8 Å². The lowest BCUT2D eigenvalue weighted by Gasteiger charge is -2.33. The van der Waals surface area contributed by atoms with Gasteiger partial charge in [0.1, 0.15) is 0 Å². The molecule has 0 radical (unpaired) electrons. The topological polar surface area (TPSA) is 15.3 Å². The second-order valence-corrected chi connectivity index (χ2v) is 7.01. The first-order valence-electron chi connectivity index (χ1n) is 8.03. The van der Waals surface area contributed by atoms with E-state index in [1.165, 1.54) is 36.3 Å². The largest absolute Gasteiger partial charge is 0.316 e. The standard InChI is InChI=1S/C18H28N2/c1-11-6-12(2)18(13(3)7-11)15(5)20-10-16-8-19-9-17(16)14(20)4/h6-7,14-17,19H,8-10H2,1-5H3. The molecule has 2 aliphatic heterocycles. The van der Waals surface area contributed by atoms with E-state index in [1.807, 2.05) is 0 Å². The van der Waals surface area contributed by atoms with Crippen LogP contribution in [0.15, 0.2) is 12.1 Å². The third kappa shape index (κ3) is 2.19. The minimum atomic E-state index is 0.538. The highest BCUT2D eigenvalue weighted by Crippen LogP contribution is 2.39. The Bertz CT molecular complexity index is 485. The van der Waals surface area contributed by atoms with Crippen LogP contribution in [0.1, 0.15) is 42.1 Å². The molecule has 1 N–H and O–H groups in total. The fourth-order valence-corrected chi connectivity index (χ4v) is 4.73. The molecule has 0 bridgehead atoms. The number of benzene rings is 1. The summed E-state index contributed by atoms with van der Waals surface area (Å²) in [5.41, 5.74) is 5.84. The second-order valence-electron chi connectivity index (χ2n) is 7.01. The lowest BCUT2D eigenvalue weighted by molar-refractivity contribution is 0.181. The Hall–Kier alpha value is -0.860. The number of aryl methyl sites for hydroxylation is 3. The van der Waals surface area contributed by atoms with Gasteiger partial charge in [-0.25, -0.2) is 0 Å². The van der Waals surface area contributed by atoms with E-state index in [0.29, 0.717) is 12.1 Å². The Labute approximate surface area is 123 Å². The SMILES string of the molecule is Cc1cc(C)c(C(C)N2CC3CNCC3C2C)c(C)c1. The molecule has 0 saturated carbocycles. The molecule has 2 nitrogen and oxygen atoms in total. The molecule has 2 fully saturated rings. The van der Waals surface area contributed by atoms with Gasteiger partial charge in [0.05, 0.1) is 0 Å². The van der Waals surface area contributed by atoms with Gasteiger partial charge in [0.25, 0.3) is 0 Å². The van der Waals surface area contributed by atoms with Crippen molar-refractivity contribution in [2.24, 2.45) is 11.8 Å². The molecule has 2 aliphatic rings. The van der Waals surface area contributed by atoms with Crippen molar-refractivity contribution in [3.05, 3.63) is 34.4 Å². The van der Waals surface area contributed by atoms with E-state index in [-0.39, 0.29) is 0 Å². The van der Waals surface area contributed by atoms with Crippen molar-refractivity contribution in [1.29, 1.82) is 0 Å². The van der Waals surface area contributed by atoms with Gasteiger partial charge in [-0.1, -0.05) is 17.7 Å². The monoisotopic (exact) mass is 272 g/mol. The van der Waals surface area contributed by atoms with Crippen molar-refractivity contribution in [2.45, 2.75) is 46.7 Å². The van der Waals surface area contributed by atoms with Crippen LogP contribution in [0.5, 0.6) is 0 Å². The molecular formula is C18H28N2.